The number of nitrogens with zero attached hydrogens (tertiary/aromatic N) is 2. The van der Waals surface area contributed by atoms with Gasteiger partial charge in [-0.25, -0.2) is 0 Å². The van der Waals surface area contributed by atoms with Crippen LogP contribution in [0.4, 0.5) is 22.9 Å². The van der Waals surface area contributed by atoms with Crippen LogP contribution in [-0.4, -0.2) is 29.6 Å². The Labute approximate surface area is 200 Å². The number of hydrogen-bond acceptors (Lipinski definition) is 6. The van der Waals surface area contributed by atoms with Crippen molar-refractivity contribution in [2.75, 3.05) is 23.0 Å². The first-order valence-electron chi connectivity index (χ1n) is 11.0. The molecule has 0 saturated carbocycles. The van der Waals surface area contributed by atoms with Crippen LogP contribution in [0.15, 0.2) is 67.0 Å². The summed E-state index contributed by atoms with van der Waals surface area (Å²) in [4.78, 5) is 8.76. The van der Waals surface area contributed by atoms with Crippen LogP contribution in [0.1, 0.15) is 24.0 Å². The van der Waals surface area contributed by atoms with Crippen molar-refractivity contribution in [2.45, 2.75) is 19.8 Å². The summed E-state index contributed by atoms with van der Waals surface area (Å²) < 4.78 is 5.97. The molecule has 0 unspecified atom stereocenters. The average Bonchev–Trinajstić information content (AvgIpc) is 2.84. The molecule has 6 nitrogen and oxygen atoms in total. The normalized spacial score (nSPS) is 10.4. The molecule has 4 rings (SSSR count). The molecule has 0 aliphatic heterocycles. The first kappa shape index (κ1) is 22.9. The zero-order valence-electron chi connectivity index (χ0n) is 19.0. The van der Waals surface area contributed by atoms with E-state index >= 15 is 0 Å². The number of aromatic nitrogens is 2. The monoisotopic (exact) mass is 446 g/mol. The van der Waals surface area contributed by atoms with E-state index < -0.39 is 0 Å². The Hall–Kier alpha value is -4.31. The van der Waals surface area contributed by atoms with E-state index in [1.165, 1.54) is 6.33 Å². The number of aryl methyl sites for hydroxylation is 1. The molecule has 0 saturated heterocycles. The fourth-order valence-corrected chi connectivity index (χ4v) is 3.52. The van der Waals surface area contributed by atoms with Crippen LogP contribution >= 0.6 is 0 Å². The van der Waals surface area contributed by atoms with E-state index in [4.69, 9.17) is 24.4 Å². The van der Waals surface area contributed by atoms with E-state index in [9.17, 15) is 0 Å². The van der Waals surface area contributed by atoms with Gasteiger partial charge in [-0.05, 0) is 6.07 Å². The number of nitrogens with one attached hydrogen (secondary N) is 2. The first-order chi connectivity index (χ1) is 16.5. The van der Waals surface area contributed by atoms with Gasteiger partial charge in [-0.15, -0.1) is 6.42 Å². The van der Waals surface area contributed by atoms with E-state index in [2.05, 4.69) is 26.5 Å². The predicted octanol–water partition coefficient (Wildman–Crippen LogP) is 4.81. The molecule has 0 bridgehead atoms. The predicted molar refractivity (Wildman–Crippen MR) is 142 cm³/mol. The molecule has 7 heteroatoms. The first-order valence-corrected chi connectivity index (χ1v) is 11.0. The Kier molecular flexibility index (Phi) is 7.09. The number of nitrogens with two attached hydrogens (primary N) is 1. The molecule has 0 amide bonds. The third-order valence-electron chi connectivity index (χ3n) is 5.26. The topological polar surface area (TPSA) is 85.1 Å². The second kappa shape index (κ2) is 10.5. The molecule has 1 heterocycles. The molecule has 0 aliphatic carbocycles. The fraction of sp³-hybridized carbons (Fsp3) is 0.148. The number of rotatable bonds is 9. The molecule has 3 aromatic carbocycles. The van der Waals surface area contributed by atoms with Gasteiger partial charge < -0.3 is 0 Å². The third kappa shape index (κ3) is 5.73. The number of nitrogen functional groups attached to an aromatic ring is 1. The van der Waals surface area contributed by atoms with Crippen molar-refractivity contribution in [3.05, 3.63) is 78.1 Å². The van der Waals surface area contributed by atoms with Crippen molar-refractivity contribution in [3.8, 4) is 18.1 Å². The molecule has 0 aliphatic rings. The van der Waals surface area contributed by atoms with Crippen molar-refractivity contribution in [3.63, 3.8) is 0 Å². The number of anilines is 4. The zero-order valence-corrected chi connectivity index (χ0v) is 19.0. The van der Waals surface area contributed by atoms with E-state index in [0.717, 1.165) is 45.6 Å². The summed E-state index contributed by atoms with van der Waals surface area (Å²) in [6, 6.07) is 19.2. The summed E-state index contributed by atoms with van der Waals surface area (Å²) in [6.07, 6.45) is 8.44. The quantitative estimate of drug-likeness (QED) is 0.148. The summed E-state index contributed by atoms with van der Waals surface area (Å²) in [7, 11) is 6.15. The Bertz CT molecular complexity index is 1380. The van der Waals surface area contributed by atoms with Gasteiger partial charge in [-0.1, -0.05) is 12.0 Å². The number of benzene rings is 3. The van der Waals surface area contributed by atoms with Crippen LogP contribution < -0.4 is 21.1 Å². The molecule has 0 atom stereocenters. The molecular weight excluding hydrogens is 421 g/mol. The summed E-state index contributed by atoms with van der Waals surface area (Å²) >= 11 is 0. The SMILES string of the molecule is [B]=C(CCCOc1ccc2ncnc(Nc3cccc(C#C)c3)c2c1)Nc1cc(C)ccc1N. The Morgan fingerprint density at radius 2 is 2.00 bits per heavy atom. The number of hydrogen-bond donors (Lipinski definition) is 3. The van der Waals surface area contributed by atoms with Gasteiger partial charge in [0.25, 0.3) is 0 Å². The molecule has 167 valence electrons. The van der Waals surface area contributed by atoms with Crippen LogP contribution in [0.25, 0.3) is 10.9 Å². The molecule has 4 aromatic rings. The second-order valence-electron chi connectivity index (χ2n) is 7.94. The van der Waals surface area contributed by atoms with Crippen LogP contribution in [-0.2, 0) is 0 Å². The minimum absolute atomic E-state index is 0.512. The van der Waals surface area contributed by atoms with Crippen molar-refractivity contribution in [2.24, 2.45) is 0 Å². The van der Waals surface area contributed by atoms with E-state index in [1.807, 2.05) is 67.6 Å². The van der Waals surface area contributed by atoms with Crippen molar-refractivity contribution in [1.29, 1.82) is 0 Å². The van der Waals surface area contributed by atoms with Gasteiger partial charge in [-0.3, -0.25) is 0 Å². The van der Waals surface area contributed by atoms with Crippen molar-refractivity contribution < 1.29 is 4.74 Å². The summed E-state index contributed by atoms with van der Waals surface area (Å²) in [6.45, 7) is 2.52. The molecule has 34 heavy (non-hydrogen) atoms. The summed E-state index contributed by atoms with van der Waals surface area (Å²) in [5.74, 6) is 4.06. The fourth-order valence-electron chi connectivity index (χ4n) is 3.52. The van der Waals surface area contributed by atoms with Gasteiger partial charge in [0.2, 0.25) is 0 Å². The van der Waals surface area contributed by atoms with Gasteiger partial charge in [-0.2, -0.15) is 0 Å². The number of ether oxygens (including phenoxy) is 1. The van der Waals surface area contributed by atoms with Crippen LogP contribution in [0, 0.1) is 19.3 Å². The summed E-state index contributed by atoms with van der Waals surface area (Å²) in [5, 5.41) is 7.37. The zero-order chi connectivity index (χ0) is 23.9. The van der Waals surface area contributed by atoms with Gasteiger partial charge in [0.05, 0.1) is 0 Å². The molecule has 0 spiro atoms. The van der Waals surface area contributed by atoms with Crippen molar-refractivity contribution >= 4 is 46.9 Å². The molecule has 1 aromatic heterocycles. The molecule has 4 N–H and O–H groups in total. The van der Waals surface area contributed by atoms with Gasteiger partial charge in [0, 0.05) is 5.56 Å². The van der Waals surface area contributed by atoms with Crippen molar-refractivity contribution in [1.82, 2.24) is 9.97 Å². The van der Waals surface area contributed by atoms with E-state index in [-0.39, 0.29) is 0 Å². The molecular formula is C27H25BN5O. The van der Waals surface area contributed by atoms with Gasteiger partial charge >= 0.3 is 170 Å². The molecule has 1 radical (unpaired) electrons. The van der Waals surface area contributed by atoms with Crippen LogP contribution in [0.2, 0.25) is 0 Å². The standard InChI is InChI=1S/C27H25BN5O/c1-3-19-6-4-7-20(15-19)32-27-22-16-21(10-12-24(22)30-17-31-27)34-13-5-8-26(28)33-25-14-18(2)9-11-23(25)29/h1,4,6-7,9-12,14-17,33H,5,8,13,29H2,2H3,(H,30,31,32). The van der Waals surface area contributed by atoms with E-state index in [1.54, 1.807) is 0 Å². The third-order valence-corrected chi connectivity index (χ3v) is 5.26. The maximum atomic E-state index is 6.15. The minimum atomic E-state index is 0.512. The maximum absolute atomic E-state index is 6.15. The number of fused-ring (bicyclic) bond motifs is 1. The summed E-state index contributed by atoms with van der Waals surface area (Å²) in [5.41, 5.74) is 11.7. The van der Waals surface area contributed by atoms with E-state index in [0.29, 0.717) is 30.1 Å². The number of terminal acetylenes is 1. The Morgan fingerprint density at radius 3 is 2.85 bits per heavy atom. The van der Waals surface area contributed by atoms with Crippen LogP contribution in [0.3, 0.4) is 0 Å². The molecule has 0 fully saturated rings. The van der Waals surface area contributed by atoms with Gasteiger partial charge in [0.15, 0.2) is 0 Å². The Morgan fingerprint density at radius 1 is 1.12 bits per heavy atom. The Balaban J connectivity index is 1.37. The van der Waals surface area contributed by atoms with Crippen LogP contribution in [0.5, 0.6) is 5.75 Å². The average molecular weight is 446 g/mol. The second-order valence-corrected chi connectivity index (χ2v) is 7.94. The van der Waals surface area contributed by atoms with Gasteiger partial charge in [0.1, 0.15) is 0 Å².